The second kappa shape index (κ2) is 9.13. The quantitative estimate of drug-likeness (QED) is 0.401. The van der Waals surface area contributed by atoms with Gasteiger partial charge in [0.05, 0.1) is 43.2 Å². The zero-order valence-corrected chi connectivity index (χ0v) is 18.6. The van der Waals surface area contributed by atoms with E-state index >= 15 is 0 Å². The van der Waals surface area contributed by atoms with Crippen LogP contribution in [-0.4, -0.2) is 83.3 Å². The van der Waals surface area contributed by atoms with Crippen molar-refractivity contribution in [3.8, 4) is 5.75 Å². The summed E-state index contributed by atoms with van der Waals surface area (Å²) in [5, 5.41) is 18.2. The molecule has 0 radical (unpaired) electrons. The van der Waals surface area contributed by atoms with E-state index in [-0.39, 0.29) is 11.3 Å². The lowest BCUT2D eigenvalue weighted by Gasteiger charge is -2.31. The molecule has 1 atom stereocenters. The maximum absolute atomic E-state index is 13.2. The first kappa shape index (κ1) is 22.0. The first-order chi connectivity index (χ1) is 15.4. The molecule has 170 valence electrons. The Hall–Kier alpha value is -3.17. The van der Waals surface area contributed by atoms with E-state index in [1.807, 2.05) is 12.1 Å². The lowest BCUT2D eigenvalue weighted by atomic mass is 9.94. The normalized spacial score (nSPS) is 21.3. The van der Waals surface area contributed by atoms with Gasteiger partial charge in [-0.15, -0.1) is 0 Å². The van der Waals surface area contributed by atoms with E-state index in [1.54, 1.807) is 38.0 Å². The average Bonchev–Trinajstić information content (AvgIpc) is 3.28. The van der Waals surface area contributed by atoms with Crippen molar-refractivity contribution >= 4 is 17.4 Å². The van der Waals surface area contributed by atoms with Gasteiger partial charge in [0.1, 0.15) is 11.5 Å². The Morgan fingerprint density at radius 3 is 2.66 bits per heavy atom. The first-order valence-electron chi connectivity index (χ1n) is 10.7. The Morgan fingerprint density at radius 1 is 1.25 bits per heavy atom. The summed E-state index contributed by atoms with van der Waals surface area (Å²) in [7, 11) is 1.56. The Morgan fingerprint density at radius 2 is 2.00 bits per heavy atom. The molecule has 2 fully saturated rings. The lowest BCUT2D eigenvalue weighted by molar-refractivity contribution is -0.140. The van der Waals surface area contributed by atoms with E-state index < -0.39 is 17.7 Å². The van der Waals surface area contributed by atoms with E-state index in [2.05, 4.69) is 15.1 Å². The molecule has 9 nitrogen and oxygen atoms in total. The zero-order chi connectivity index (χ0) is 22.8. The van der Waals surface area contributed by atoms with Crippen LogP contribution in [0, 0.1) is 13.8 Å². The number of aliphatic hydroxyl groups is 1. The number of benzene rings is 1. The molecule has 2 N–H and O–H groups in total. The maximum atomic E-state index is 13.2. The molecule has 1 aromatic carbocycles. The number of aliphatic hydroxyl groups excluding tert-OH is 1. The number of methoxy groups -OCH3 is 1. The Kier molecular flexibility index (Phi) is 6.29. The van der Waals surface area contributed by atoms with Crippen LogP contribution >= 0.6 is 0 Å². The van der Waals surface area contributed by atoms with Gasteiger partial charge in [-0.25, -0.2) is 0 Å². The van der Waals surface area contributed by atoms with Crippen LogP contribution in [0.4, 0.5) is 0 Å². The van der Waals surface area contributed by atoms with E-state index in [9.17, 15) is 14.7 Å². The van der Waals surface area contributed by atoms with Gasteiger partial charge >= 0.3 is 0 Å². The van der Waals surface area contributed by atoms with Gasteiger partial charge in [-0.3, -0.25) is 19.6 Å². The molecule has 3 heterocycles. The van der Waals surface area contributed by atoms with Gasteiger partial charge in [0.15, 0.2) is 0 Å². The van der Waals surface area contributed by atoms with Crippen molar-refractivity contribution in [2.24, 2.45) is 0 Å². The molecule has 0 aliphatic carbocycles. The highest BCUT2D eigenvalue weighted by atomic mass is 16.5. The van der Waals surface area contributed by atoms with Crippen molar-refractivity contribution in [1.29, 1.82) is 0 Å². The summed E-state index contributed by atoms with van der Waals surface area (Å²) in [5.41, 5.74) is 2.40. The second-order valence-electron chi connectivity index (χ2n) is 8.03. The number of ketones is 1. The smallest absolute Gasteiger partial charge is 0.295 e. The summed E-state index contributed by atoms with van der Waals surface area (Å²) in [4.78, 5) is 30.0. The van der Waals surface area contributed by atoms with Gasteiger partial charge in [0, 0.05) is 31.9 Å². The molecule has 0 saturated carbocycles. The summed E-state index contributed by atoms with van der Waals surface area (Å²) >= 11 is 0. The van der Waals surface area contributed by atoms with Crippen LogP contribution in [-0.2, 0) is 14.3 Å². The molecule has 4 rings (SSSR count). The number of rotatable bonds is 6. The van der Waals surface area contributed by atoms with Crippen molar-refractivity contribution in [2.45, 2.75) is 19.9 Å². The number of hydrogen-bond donors (Lipinski definition) is 2. The van der Waals surface area contributed by atoms with E-state index in [1.165, 1.54) is 0 Å². The standard InChI is InChI=1S/C23H28N4O5/c1-14-18(15(2)25-24-14)21(28)19-20(16-5-4-6-17(13-16)31-3)27(23(30)22(19)29)8-7-26-9-11-32-12-10-26/h4-6,13,20,28H,7-12H2,1-3H3,(H,24,25)/b21-19+. The Bertz CT molecular complexity index is 1030. The highest BCUT2D eigenvalue weighted by molar-refractivity contribution is 6.46. The monoisotopic (exact) mass is 440 g/mol. The number of carbonyl (C=O) groups is 2. The third-order valence-corrected chi connectivity index (χ3v) is 6.08. The van der Waals surface area contributed by atoms with Crippen molar-refractivity contribution in [1.82, 2.24) is 20.0 Å². The molecule has 0 bridgehead atoms. The van der Waals surface area contributed by atoms with Gasteiger partial charge < -0.3 is 19.5 Å². The minimum atomic E-state index is -0.722. The second-order valence-corrected chi connectivity index (χ2v) is 8.03. The molecule has 9 heteroatoms. The molecule has 2 aliphatic heterocycles. The van der Waals surface area contributed by atoms with Gasteiger partial charge in [0.2, 0.25) is 0 Å². The highest BCUT2D eigenvalue weighted by Gasteiger charge is 2.46. The number of ether oxygens (including phenoxy) is 2. The number of carbonyl (C=O) groups excluding carboxylic acids is 2. The fourth-order valence-corrected chi connectivity index (χ4v) is 4.38. The van der Waals surface area contributed by atoms with Crippen molar-refractivity contribution in [3.05, 3.63) is 52.4 Å². The fraction of sp³-hybridized carbons (Fsp3) is 0.435. The van der Waals surface area contributed by atoms with E-state index in [4.69, 9.17) is 9.47 Å². The number of morpholine rings is 1. The van der Waals surface area contributed by atoms with Crippen molar-refractivity contribution in [3.63, 3.8) is 0 Å². The van der Waals surface area contributed by atoms with E-state index in [0.29, 0.717) is 54.6 Å². The molecule has 1 unspecified atom stereocenters. The van der Waals surface area contributed by atoms with Crippen LogP contribution in [0.15, 0.2) is 29.8 Å². The number of nitrogens with zero attached hydrogens (tertiary/aromatic N) is 3. The first-order valence-corrected chi connectivity index (χ1v) is 10.7. The number of hydrogen-bond acceptors (Lipinski definition) is 7. The van der Waals surface area contributed by atoms with Crippen molar-refractivity contribution < 1.29 is 24.2 Å². The third kappa shape index (κ3) is 4.01. The number of Topliss-reactive ketones (excluding diaryl/α,β-unsaturated/α-hetero) is 1. The Balaban J connectivity index is 1.78. The number of aromatic nitrogens is 2. The van der Waals surface area contributed by atoms with Gasteiger partial charge in [-0.2, -0.15) is 5.10 Å². The molecule has 2 aromatic rings. The van der Waals surface area contributed by atoms with Gasteiger partial charge in [-0.1, -0.05) is 12.1 Å². The van der Waals surface area contributed by atoms with Crippen LogP contribution < -0.4 is 4.74 Å². The summed E-state index contributed by atoms with van der Waals surface area (Å²) in [6.45, 7) is 7.33. The topological polar surface area (TPSA) is 108 Å². The van der Waals surface area contributed by atoms with Gasteiger partial charge in [-0.05, 0) is 31.5 Å². The predicted molar refractivity (Wildman–Crippen MR) is 117 cm³/mol. The molecule has 0 spiro atoms. The Labute approximate surface area is 186 Å². The fourth-order valence-electron chi connectivity index (χ4n) is 4.38. The molecule has 32 heavy (non-hydrogen) atoms. The maximum Gasteiger partial charge on any atom is 0.295 e. The van der Waals surface area contributed by atoms with Crippen LogP contribution in [0.25, 0.3) is 5.76 Å². The number of nitrogens with one attached hydrogen (secondary N) is 1. The van der Waals surface area contributed by atoms with Crippen LogP contribution in [0.1, 0.15) is 28.6 Å². The number of likely N-dealkylation sites (tertiary alicyclic amines) is 1. The summed E-state index contributed by atoms with van der Waals surface area (Å²) in [6, 6.07) is 6.52. The average molecular weight is 441 g/mol. The molecule has 1 aromatic heterocycles. The summed E-state index contributed by atoms with van der Waals surface area (Å²) in [6.07, 6.45) is 0. The number of amides is 1. The van der Waals surface area contributed by atoms with E-state index in [0.717, 1.165) is 13.1 Å². The van der Waals surface area contributed by atoms with Crippen LogP contribution in [0.2, 0.25) is 0 Å². The molecule has 1 amide bonds. The molecule has 2 aliphatic rings. The SMILES string of the molecule is COc1cccc(C2/C(=C(\O)c3c(C)n[nH]c3C)C(=O)C(=O)N2CCN2CCOCC2)c1. The minimum absolute atomic E-state index is 0.0674. The summed E-state index contributed by atoms with van der Waals surface area (Å²) in [5.74, 6) is -0.922. The largest absolute Gasteiger partial charge is 0.507 e. The number of aryl methyl sites for hydroxylation is 2. The van der Waals surface area contributed by atoms with Gasteiger partial charge in [0.25, 0.3) is 11.7 Å². The minimum Gasteiger partial charge on any atom is -0.507 e. The molecule has 2 saturated heterocycles. The van der Waals surface area contributed by atoms with Crippen molar-refractivity contribution in [2.75, 3.05) is 46.5 Å². The van der Waals surface area contributed by atoms with Crippen LogP contribution in [0.5, 0.6) is 5.75 Å². The predicted octanol–water partition coefficient (Wildman–Crippen LogP) is 1.79. The molecular weight excluding hydrogens is 412 g/mol. The lowest BCUT2D eigenvalue weighted by Crippen LogP contribution is -2.42. The number of H-pyrrole nitrogens is 1. The summed E-state index contributed by atoms with van der Waals surface area (Å²) < 4.78 is 10.8. The molecular formula is C23H28N4O5. The zero-order valence-electron chi connectivity index (χ0n) is 18.6. The highest BCUT2D eigenvalue weighted by Crippen LogP contribution is 2.40. The third-order valence-electron chi connectivity index (χ3n) is 6.08. The number of aromatic amines is 1. The van der Waals surface area contributed by atoms with Crippen LogP contribution in [0.3, 0.4) is 0 Å².